The fourth-order valence-corrected chi connectivity index (χ4v) is 2.99. The smallest absolute Gasteiger partial charge is 0.308 e. The van der Waals surface area contributed by atoms with Crippen molar-refractivity contribution in [1.82, 2.24) is 10.2 Å². The Balaban J connectivity index is 2.11. The second kappa shape index (κ2) is 9.02. The topological polar surface area (TPSA) is 75.7 Å². The molecule has 6 heteroatoms. The molecule has 148 valence electrons. The molecule has 1 aromatic carbocycles. The maximum atomic E-state index is 13.0. The average molecular weight is 374 g/mol. The number of unbranched alkanes of at least 4 members (excludes halogenated alkanes) is 1. The highest BCUT2D eigenvalue weighted by molar-refractivity contribution is 5.99. The Labute approximate surface area is 161 Å². The number of piperazine rings is 1. The maximum absolute atomic E-state index is 13.0. The SMILES string of the molecule is CCCCOC(=O)CC1C(=O)NCCN1C(=O)c1ccc(C(C)(C)C)cc1. The fourth-order valence-electron chi connectivity index (χ4n) is 2.99. The number of nitrogens with one attached hydrogen (secondary N) is 1. The summed E-state index contributed by atoms with van der Waals surface area (Å²) in [7, 11) is 0. The van der Waals surface area contributed by atoms with Crippen LogP contribution < -0.4 is 5.32 Å². The largest absolute Gasteiger partial charge is 0.466 e. The van der Waals surface area contributed by atoms with Gasteiger partial charge < -0.3 is 15.0 Å². The van der Waals surface area contributed by atoms with Crippen molar-refractivity contribution in [2.45, 2.75) is 58.4 Å². The third-order valence-corrected chi connectivity index (χ3v) is 4.71. The van der Waals surface area contributed by atoms with E-state index in [4.69, 9.17) is 4.74 Å². The summed E-state index contributed by atoms with van der Waals surface area (Å²) in [6.45, 7) is 9.43. The minimum absolute atomic E-state index is 0.00261. The summed E-state index contributed by atoms with van der Waals surface area (Å²) in [6, 6.07) is 6.61. The van der Waals surface area contributed by atoms with Crippen LogP contribution in [0.25, 0.3) is 0 Å². The van der Waals surface area contributed by atoms with Crippen LogP contribution in [0, 0.1) is 0 Å². The van der Waals surface area contributed by atoms with E-state index >= 15 is 0 Å². The maximum Gasteiger partial charge on any atom is 0.308 e. The first-order chi connectivity index (χ1) is 12.7. The second-order valence-electron chi connectivity index (χ2n) is 7.91. The van der Waals surface area contributed by atoms with Gasteiger partial charge in [0.1, 0.15) is 6.04 Å². The van der Waals surface area contributed by atoms with Crippen LogP contribution in [0.5, 0.6) is 0 Å². The number of carbonyl (C=O) groups excluding carboxylic acids is 3. The number of ether oxygens (including phenoxy) is 1. The van der Waals surface area contributed by atoms with Gasteiger partial charge in [-0.15, -0.1) is 0 Å². The van der Waals surface area contributed by atoms with Gasteiger partial charge in [-0.05, 0) is 29.5 Å². The number of rotatable bonds is 6. The molecule has 1 saturated heterocycles. The van der Waals surface area contributed by atoms with Gasteiger partial charge in [0.15, 0.2) is 0 Å². The van der Waals surface area contributed by atoms with E-state index in [1.54, 1.807) is 12.1 Å². The molecule has 0 spiro atoms. The summed E-state index contributed by atoms with van der Waals surface area (Å²) in [5.74, 6) is -1.00. The van der Waals surface area contributed by atoms with E-state index in [9.17, 15) is 14.4 Å². The molecule has 2 rings (SSSR count). The molecule has 0 aliphatic carbocycles. The predicted octanol–water partition coefficient (Wildman–Crippen LogP) is 2.66. The first-order valence-electron chi connectivity index (χ1n) is 9.59. The Morgan fingerprint density at radius 2 is 1.89 bits per heavy atom. The molecule has 1 atom stereocenters. The van der Waals surface area contributed by atoms with Gasteiger partial charge in [-0.2, -0.15) is 0 Å². The molecule has 1 heterocycles. The number of carbonyl (C=O) groups is 3. The van der Waals surface area contributed by atoms with Crippen molar-refractivity contribution in [3.05, 3.63) is 35.4 Å². The minimum Gasteiger partial charge on any atom is -0.466 e. The lowest BCUT2D eigenvalue weighted by atomic mass is 9.86. The molecule has 1 fully saturated rings. The standard InChI is InChI=1S/C21H30N2O4/c1-5-6-13-27-18(24)14-17-19(25)22-11-12-23(17)20(26)15-7-9-16(10-8-15)21(2,3)4/h7-10,17H,5-6,11-14H2,1-4H3,(H,22,25). The zero-order valence-electron chi connectivity index (χ0n) is 16.7. The van der Waals surface area contributed by atoms with Crippen LogP contribution >= 0.6 is 0 Å². The molecule has 2 amide bonds. The Bertz CT molecular complexity index is 676. The molecule has 0 bridgehead atoms. The van der Waals surface area contributed by atoms with E-state index in [1.165, 1.54) is 4.90 Å². The van der Waals surface area contributed by atoms with Gasteiger partial charge in [0, 0.05) is 18.7 Å². The van der Waals surface area contributed by atoms with Gasteiger partial charge in [-0.3, -0.25) is 14.4 Å². The predicted molar refractivity (Wildman–Crippen MR) is 103 cm³/mol. The summed E-state index contributed by atoms with van der Waals surface area (Å²) in [4.78, 5) is 38.8. The quantitative estimate of drug-likeness (QED) is 0.614. The molecule has 1 aliphatic rings. The van der Waals surface area contributed by atoms with Gasteiger partial charge in [-0.25, -0.2) is 0 Å². The Morgan fingerprint density at radius 1 is 1.22 bits per heavy atom. The van der Waals surface area contributed by atoms with Gasteiger partial charge in [-0.1, -0.05) is 46.2 Å². The van der Waals surface area contributed by atoms with Crippen molar-refractivity contribution >= 4 is 17.8 Å². The number of nitrogens with zero attached hydrogens (tertiary/aromatic N) is 1. The van der Waals surface area contributed by atoms with Crippen molar-refractivity contribution in [2.75, 3.05) is 19.7 Å². The van der Waals surface area contributed by atoms with E-state index in [0.717, 1.165) is 18.4 Å². The van der Waals surface area contributed by atoms with Crippen LogP contribution in [-0.4, -0.2) is 48.4 Å². The molecule has 1 unspecified atom stereocenters. The first-order valence-corrected chi connectivity index (χ1v) is 9.59. The number of esters is 1. The van der Waals surface area contributed by atoms with Crippen LogP contribution in [-0.2, 0) is 19.7 Å². The van der Waals surface area contributed by atoms with Crippen molar-refractivity contribution in [2.24, 2.45) is 0 Å². The lowest BCUT2D eigenvalue weighted by Gasteiger charge is -2.34. The van der Waals surface area contributed by atoms with Gasteiger partial charge >= 0.3 is 5.97 Å². The first kappa shape index (κ1) is 20.9. The highest BCUT2D eigenvalue weighted by Crippen LogP contribution is 2.23. The molecule has 0 aromatic heterocycles. The molecule has 1 N–H and O–H groups in total. The molecule has 1 aromatic rings. The number of benzene rings is 1. The Morgan fingerprint density at radius 3 is 2.48 bits per heavy atom. The van der Waals surface area contributed by atoms with Crippen LogP contribution in [0.15, 0.2) is 24.3 Å². The summed E-state index contributed by atoms with van der Waals surface area (Å²) >= 11 is 0. The van der Waals surface area contributed by atoms with Gasteiger partial charge in [0.25, 0.3) is 5.91 Å². The van der Waals surface area contributed by atoms with Gasteiger partial charge in [0.05, 0.1) is 13.0 Å². The Kier molecular flexibility index (Phi) is 6.99. The van der Waals surface area contributed by atoms with E-state index in [2.05, 4.69) is 26.1 Å². The molecule has 6 nitrogen and oxygen atoms in total. The molecule has 1 aliphatic heterocycles. The molecule has 27 heavy (non-hydrogen) atoms. The van der Waals surface area contributed by atoms with Crippen molar-refractivity contribution in [3.63, 3.8) is 0 Å². The Hall–Kier alpha value is -2.37. The minimum atomic E-state index is -0.831. The summed E-state index contributed by atoms with van der Waals surface area (Å²) < 4.78 is 5.16. The third-order valence-electron chi connectivity index (χ3n) is 4.71. The monoisotopic (exact) mass is 374 g/mol. The fraction of sp³-hybridized carbons (Fsp3) is 0.571. The van der Waals surface area contributed by atoms with E-state index < -0.39 is 12.0 Å². The lowest BCUT2D eigenvalue weighted by molar-refractivity contribution is -0.147. The zero-order valence-corrected chi connectivity index (χ0v) is 16.7. The van der Waals surface area contributed by atoms with Crippen LogP contribution in [0.3, 0.4) is 0 Å². The van der Waals surface area contributed by atoms with E-state index in [-0.39, 0.29) is 23.7 Å². The molecule has 0 saturated carbocycles. The molecule has 0 radical (unpaired) electrons. The zero-order chi connectivity index (χ0) is 20.0. The number of hydrogen-bond donors (Lipinski definition) is 1. The van der Waals surface area contributed by atoms with Crippen molar-refractivity contribution in [3.8, 4) is 0 Å². The highest BCUT2D eigenvalue weighted by atomic mass is 16.5. The van der Waals surface area contributed by atoms with Gasteiger partial charge in [0.2, 0.25) is 5.91 Å². The van der Waals surface area contributed by atoms with Crippen LogP contribution in [0.1, 0.15) is 62.9 Å². The number of amides is 2. The highest BCUT2D eigenvalue weighted by Gasteiger charge is 2.35. The average Bonchev–Trinajstić information content (AvgIpc) is 2.62. The normalized spacial score (nSPS) is 17.4. The molecular weight excluding hydrogens is 344 g/mol. The van der Waals surface area contributed by atoms with Crippen LogP contribution in [0.2, 0.25) is 0 Å². The van der Waals surface area contributed by atoms with E-state index in [0.29, 0.717) is 25.3 Å². The lowest BCUT2D eigenvalue weighted by Crippen LogP contribution is -2.57. The summed E-state index contributed by atoms with van der Waals surface area (Å²) in [5, 5.41) is 2.73. The summed E-state index contributed by atoms with van der Waals surface area (Å²) in [5.41, 5.74) is 1.64. The number of hydrogen-bond acceptors (Lipinski definition) is 4. The molecular formula is C21H30N2O4. The summed E-state index contributed by atoms with van der Waals surface area (Å²) in [6.07, 6.45) is 1.58. The second-order valence-corrected chi connectivity index (χ2v) is 7.91. The van der Waals surface area contributed by atoms with Crippen molar-refractivity contribution < 1.29 is 19.1 Å². The third kappa shape index (κ3) is 5.55. The van der Waals surface area contributed by atoms with Crippen LogP contribution in [0.4, 0.5) is 0 Å². The van der Waals surface area contributed by atoms with Crippen molar-refractivity contribution in [1.29, 1.82) is 0 Å². The van der Waals surface area contributed by atoms with E-state index in [1.807, 2.05) is 19.1 Å².